The highest BCUT2D eigenvalue weighted by Gasteiger charge is 2.05. The summed E-state index contributed by atoms with van der Waals surface area (Å²) in [4.78, 5) is 4.33. The first-order chi connectivity index (χ1) is 8.18. The zero-order chi connectivity index (χ0) is 12.3. The van der Waals surface area contributed by atoms with Crippen molar-refractivity contribution in [3.05, 3.63) is 52.1 Å². The molecule has 0 saturated carbocycles. The van der Waals surface area contributed by atoms with Crippen LogP contribution in [0.2, 0.25) is 0 Å². The highest BCUT2D eigenvalue weighted by Crippen LogP contribution is 2.29. The van der Waals surface area contributed by atoms with Gasteiger partial charge in [0.15, 0.2) is 0 Å². The summed E-state index contributed by atoms with van der Waals surface area (Å²) in [6.07, 6.45) is 1.80. The maximum absolute atomic E-state index is 5.89. The van der Waals surface area contributed by atoms with E-state index in [0.717, 1.165) is 26.5 Å². The molecule has 2 aromatic rings. The lowest BCUT2D eigenvalue weighted by Crippen LogP contribution is -1.94. The van der Waals surface area contributed by atoms with Gasteiger partial charge in [0.1, 0.15) is 5.03 Å². The summed E-state index contributed by atoms with van der Waals surface area (Å²) in [5.41, 5.74) is 9.15. The van der Waals surface area contributed by atoms with Gasteiger partial charge in [-0.2, -0.15) is 0 Å². The molecule has 0 saturated heterocycles. The molecule has 2 rings (SSSR count). The Balaban J connectivity index is 2.13. The van der Waals surface area contributed by atoms with Crippen LogP contribution >= 0.6 is 27.7 Å². The predicted octanol–water partition coefficient (Wildman–Crippen LogP) is 4.03. The number of rotatable bonds is 3. The smallest absolute Gasteiger partial charge is 0.110 e. The number of hydrogen-bond acceptors (Lipinski definition) is 3. The van der Waals surface area contributed by atoms with E-state index >= 15 is 0 Å². The van der Waals surface area contributed by atoms with Crippen LogP contribution in [-0.2, 0) is 5.75 Å². The first kappa shape index (κ1) is 12.5. The Morgan fingerprint density at radius 2 is 2.12 bits per heavy atom. The van der Waals surface area contributed by atoms with E-state index in [1.54, 1.807) is 18.0 Å². The lowest BCUT2D eigenvalue weighted by molar-refractivity contribution is 1.11. The number of anilines is 1. The van der Waals surface area contributed by atoms with E-state index in [4.69, 9.17) is 5.73 Å². The van der Waals surface area contributed by atoms with E-state index in [1.807, 2.05) is 24.3 Å². The number of nitrogens with two attached hydrogens (primary N) is 1. The minimum Gasteiger partial charge on any atom is -0.399 e. The third-order valence-electron chi connectivity index (χ3n) is 2.58. The summed E-state index contributed by atoms with van der Waals surface area (Å²) >= 11 is 5.20. The normalized spacial score (nSPS) is 10.5. The molecule has 0 atom stereocenters. The second-order valence-corrected chi connectivity index (χ2v) is 5.53. The zero-order valence-corrected chi connectivity index (χ0v) is 11.9. The fraction of sp³-hybridized carbons (Fsp3) is 0.154. The summed E-state index contributed by atoms with van der Waals surface area (Å²) in [6, 6.07) is 9.95. The van der Waals surface area contributed by atoms with Crippen molar-refractivity contribution >= 4 is 33.4 Å². The van der Waals surface area contributed by atoms with Gasteiger partial charge in [0.25, 0.3) is 0 Å². The van der Waals surface area contributed by atoms with Crippen LogP contribution in [0.25, 0.3) is 0 Å². The lowest BCUT2D eigenvalue weighted by atomic mass is 10.1. The molecule has 88 valence electrons. The molecule has 1 aromatic heterocycles. The molecular weight excluding hydrogens is 296 g/mol. The van der Waals surface area contributed by atoms with Crippen molar-refractivity contribution in [2.45, 2.75) is 17.7 Å². The molecule has 17 heavy (non-hydrogen) atoms. The summed E-state index contributed by atoms with van der Waals surface area (Å²) in [5.74, 6) is 0.881. The summed E-state index contributed by atoms with van der Waals surface area (Å²) < 4.78 is 1.03. The first-order valence-corrected chi connectivity index (χ1v) is 7.03. The molecule has 0 spiro atoms. The molecular formula is C13H13BrN2S. The van der Waals surface area contributed by atoms with Crippen LogP contribution in [0, 0.1) is 6.92 Å². The molecule has 0 aliphatic carbocycles. The topological polar surface area (TPSA) is 38.9 Å². The van der Waals surface area contributed by atoms with Crippen LogP contribution in [0.5, 0.6) is 0 Å². The number of nitrogens with zero attached hydrogens (tertiary/aromatic N) is 1. The highest BCUT2D eigenvalue weighted by atomic mass is 79.9. The number of hydrogen-bond donors (Lipinski definition) is 1. The third-order valence-corrected chi connectivity index (χ3v) is 4.53. The van der Waals surface area contributed by atoms with E-state index < -0.39 is 0 Å². The number of benzene rings is 1. The molecule has 0 amide bonds. The van der Waals surface area contributed by atoms with Crippen molar-refractivity contribution in [3.8, 4) is 0 Å². The van der Waals surface area contributed by atoms with Gasteiger partial charge in [0, 0.05) is 22.1 Å². The molecule has 0 aliphatic heterocycles. The van der Waals surface area contributed by atoms with Gasteiger partial charge in [-0.05, 0) is 52.2 Å². The molecule has 0 radical (unpaired) electrons. The fourth-order valence-corrected chi connectivity index (χ4v) is 3.03. The van der Waals surface area contributed by atoms with Crippen LogP contribution in [0.3, 0.4) is 0 Å². The monoisotopic (exact) mass is 308 g/mol. The number of pyridine rings is 1. The summed E-state index contributed by atoms with van der Waals surface area (Å²) in [7, 11) is 0. The van der Waals surface area contributed by atoms with Gasteiger partial charge in [0.2, 0.25) is 0 Å². The van der Waals surface area contributed by atoms with Gasteiger partial charge < -0.3 is 5.73 Å². The molecule has 0 bridgehead atoms. The highest BCUT2D eigenvalue weighted by molar-refractivity contribution is 9.10. The maximum Gasteiger partial charge on any atom is 0.110 e. The Morgan fingerprint density at radius 3 is 2.88 bits per heavy atom. The van der Waals surface area contributed by atoms with E-state index in [1.165, 1.54) is 5.56 Å². The molecule has 0 fully saturated rings. The standard InChI is InChI=1S/C13H13BrN2S/c1-9-10(4-2-6-12(9)15)8-17-13-11(14)5-3-7-16-13/h2-7H,8,15H2,1H3. The number of thioether (sulfide) groups is 1. The summed E-state index contributed by atoms with van der Waals surface area (Å²) in [5, 5.41) is 1.01. The number of aromatic nitrogens is 1. The van der Waals surface area contributed by atoms with Crippen molar-refractivity contribution < 1.29 is 0 Å². The van der Waals surface area contributed by atoms with Crippen LogP contribution in [0.1, 0.15) is 11.1 Å². The van der Waals surface area contributed by atoms with Crippen LogP contribution in [0.4, 0.5) is 5.69 Å². The molecule has 2 nitrogen and oxygen atoms in total. The first-order valence-electron chi connectivity index (χ1n) is 5.26. The van der Waals surface area contributed by atoms with Crippen molar-refractivity contribution in [2.75, 3.05) is 5.73 Å². The predicted molar refractivity (Wildman–Crippen MR) is 77.1 cm³/mol. The zero-order valence-electron chi connectivity index (χ0n) is 9.48. The van der Waals surface area contributed by atoms with Crippen LogP contribution in [-0.4, -0.2) is 4.98 Å². The third kappa shape index (κ3) is 3.01. The molecule has 2 N–H and O–H groups in total. The Bertz CT molecular complexity index is 529. The van der Waals surface area contributed by atoms with Gasteiger partial charge in [-0.1, -0.05) is 12.1 Å². The van der Waals surface area contributed by atoms with E-state index in [9.17, 15) is 0 Å². The molecule has 0 unspecified atom stereocenters. The largest absolute Gasteiger partial charge is 0.399 e. The quantitative estimate of drug-likeness (QED) is 0.687. The SMILES string of the molecule is Cc1c(N)cccc1CSc1ncccc1Br. The van der Waals surface area contributed by atoms with Crippen molar-refractivity contribution in [1.82, 2.24) is 4.98 Å². The minimum absolute atomic E-state index is 0.850. The second-order valence-electron chi connectivity index (χ2n) is 3.71. The van der Waals surface area contributed by atoms with Crippen molar-refractivity contribution in [2.24, 2.45) is 0 Å². The Morgan fingerprint density at radius 1 is 1.29 bits per heavy atom. The molecule has 0 aliphatic rings. The van der Waals surface area contributed by atoms with Gasteiger partial charge in [0.05, 0.1) is 0 Å². The van der Waals surface area contributed by atoms with Gasteiger partial charge >= 0.3 is 0 Å². The van der Waals surface area contributed by atoms with E-state index in [0.29, 0.717) is 0 Å². The van der Waals surface area contributed by atoms with Gasteiger partial charge in [-0.15, -0.1) is 11.8 Å². The number of halogens is 1. The summed E-state index contributed by atoms with van der Waals surface area (Å²) in [6.45, 7) is 2.05. The maximum atomic E-state index is 5.89. The number of nitrogen functional groups attached to an aromatic ring is 1. The van der Waals surface area contributed by atoms with Crippen molar-refractivity contribution in [3.63, 3.8) is 0 Å². The molecule has 1 aromatic carbocycles. The Hall–Kier alpha value is -1.00. The van der Waals surface area contributed by atoms with E-state index in [2.05, 4.69) is 33.9 Å². The second kappa shape index (κ2) is 5.56. The lowest BCUT2D eigenvalue weighted by Gasteiger charge is -2.08. The molecule has 1 heterocycles. The minimum atomic E-state index is 0.850. The average molecular weight is 309 g/mol. The fourth-order valence-electron chi connectivity index (χ4n) is 1.48. The van der Waals surface area contributed by atoms with E-state index in [-0.39, 0.29) is 0 Å². The molecule has 4 heteroatoms. The Kier molecular flexibility index (Phi) is 4.07. The van der Waals surface area contributed by atoms with Crippen LogP contribution in [0.15, 0.2) is 46.0 Å². The Labute approximate surface area is 114 Å². The average Bonchev–Trinajstić information content (AvgIpc) is 2.33. The van der Waals surface area contributed by atoms with Crippen molar-refractivity contribution in [1.29, 1.82) is 0 Å². The van der Waals surface area contributed by atoms with Gasteiger partial charge in [-0.25, -0.2) is 4.98 Å². The van der Waals surface area contributed by atoms with Crippen LogP contribution < -0.4 is 5.73 Å². The van der Waals surface area contributed by atoms with Gasteiger partial charge in [-0.3, -0.25) is 0 Å².